The van der Waals surface area contributed by atoms with E-state index in [9.17, 15) is 9.59 Å². The zero-order valence-electron chi connectivity index (χ0n) is 16.7. The van der Waals surface area contributed by atoms with Gasteiger partial charge in [0.1, 0.15) is 5.75 Å². The van der Waals surface area contributed by atoms with Gasteiger partial charge in [0.25, 0.3) is 11.5 Å². The summed E-state index contributed by atoms with van der Waals surface area (Å²) < 4.78 is 7.50. The summed E-state index contributed by atoms with van der Waals surface area (Å²) >= 11 is 0. The first-order valence-electron chi connectivity index (χ1n) is 10.3. The number of pyridine rings is 1. The van der Waals surface area contributed by atoms with Crippen LogP contribution in [0.5, 0.6) is 5.75 Å². The van der Waals surface area contributed by atoms with Gasteiger partial charge in [-0.15, -0.1) is 0 Å². The number of amides is 1. The van der Waals surface area contributed by atoms with E-state index in [-0.39, 0.29) is 18.1 Å². The first kappa shape index (κ1) is 19.2. The van der Waals surface area contributed by atoms with Crippen molar-refractivity contribution in [1.82, 2.24) is 9.88 Å². The van der Waals surface area contributed by atoms with E-state index >= 15 is 0 Å². The summed E-state index contributed by atoms with van der Waals surface area (Å²) in [5.74, 6) is 1.12. The SMILES string of the molecule is CCCn1c(=O)cc(-c2ccccc2)c2ccc(OCC(=O)NCC3CC3)cc21. The molecule has 5 heteroatoms. The molecule has 0 spiro atoms. The molecule has 1 heterocycles. The minimum atomic E-state index is -0.110. The van der Waals surface area contributed by atoms with Gasteiger partial charge in [-0.25, -0.2) is 0 Å². The van der Waals surface area contributed by atoms with Gasteiger partial charge in [-0.3, -0.25) is 9.59 Å². The monoisotopic (exact) mass is 390 g/mol. The Balaban J connectivity index is 1.65. The van der Waals surface area contributed by atoms with E-state index in [1.54, 1.807) is 10.6 Å². The Labute approximate surface area is 170 Å². The molecule has 0 atom stereocenters. The van der Waals surface area contributed by atoms with Crippen LogP contribution < -0.4 is 15.6 Å². The molecule has 4 rings (SSSR count). The first-order chi connectivity index (χ1) is 14.2. The molecule has 1 aliphatic carbocycles. The molecule has 5 nitrogen and oxygen atoms in total. The van der Waals surface area contributed by atoms with Crippen LogP contribution >= 0.6 is 0 Å². The van der Waals surface area contributed by atoms with Crippen molar-refractivity contribution in [2.75, 3.05) is 13.2 Å². The number of carbonyl (C=O) groups excluding carboxylic acids is 1. The molecule has 1 fully saturated rings. The van der Waals surface area contributed by atoms with Gasteiger partial charge in [0.2, 0.25) is 0 Å². The average Bonchev–Trinajstić information content (AvgIpc) is 3.57. The third-order valence-corrected chi connectivity index (χ3v) is 5.27. The molecule has 2 aromatic carbocycles. The van der Waals surface area contributed by atoms with E-state index in [0.717, 1.165) is 35.0 Å². The summed E-state index contributed by atoms with van der Waals surface area (Å²) in [5.41, 5.74) is 2.71. The number of hydrogen-bond donors (Lipinski definition) is 1. The van der Waals surface area contributed by atoms with E-state index < -0.39 is 0 Å². The molecule has 0 bridgehead atoms. The van der Waals surface area contributed by atoms with Crippen LogP contribution in [0.1, 0.15) is 26.2 Å². The molecule has 150 valence electrons. The van der Waals surface area contributed by atoms with Gasteiger partial charge in [0.15, 0.2) is 6.61 Å². The number of fused-ring (bicyclic) bond motifs is 1. The minimum absolute atomic E-state index is 0.0192. The second-order valence-electron chi connectivity index (χ2n) is 7.63. The van der Waals surface area contributed by atoms with Gasteiger partial charge < -0.3 is 14.6 Å². The quantitative estimate of drug-likeness (QED) is 0.633. The fourth-order valence-electron chi connectivity index (χ4n) is 3.54. The number of hydrogen-bond acceptors (Lipinski definition) is 3. The highest BCUT2D eigenvalue weighted by atomic mass is 16.5. The van der Waals surface area contributed by atoms with Crippen LogP contribution in [0.3, 0.4) is 0 Å². The molecule has 0 unspecified atom stereocenters. The largest absolute Gasteiger partial charge is 0.484 e. The van der Waals surface area contributed by atoms with Crippen LogP contribution in [0.2, 0.25) is 0 Å². The predicted octanol–water partition coefficient (Wildman–Crippen LogP) is 3.98. The Morgan fingerprint density at radius 2 is 1.93 bits per heavy atom. The summed E-state index contributed by atoms with van der Waals surface area (Å²) in [5, 5.41) is 3.90. The van der Waals surface area contributed by atoms with Crippen LogP contribution in [0, 0.1) is 5.92 Å². The smallest absolute Gasteiger partial charge is 0.257 e. The van der Waals surface area contributed by atoms with Crippen molar-refractivity contribution < 1.29 is 9.53 Å². The Morgan fingerprint density at radius 1 is 1.14 bits per heavy atom. The van der Waals surface area contributed by atoms with Crippen molar-refractivity contribution >= 4 is 16.8 Å². The summed E-state index contributed by atoms with van der Waals surface area (Å²) in [6.07, 6.45) is 3.25. The molecule has 0 aliphatic heterocycles. The molecular weight excluding hydrogens is 364 g/mol. The summed E-state index contributed by atoms with van der Waals surface area (Å²) in [4.78, 5) is 24.8. The topological polar surface area (TPSA) is 60.3 Å². The molecule has 1 N–H and O–H groups in total. The highest BCUT2D eigenvalue weighted by Crippen LogP contribution is 2.30. The van der Waals surface area contributed by atoms with Gasteiger partial charge in [-0.2, -0.15) is 0 Å². The van der Waals surface area contributed by atoms with E-state index in [1.807, 2.05) is 55.5 Å². The number of carbonyl (C=O) groups is 1. The van der Waals surface area contributed by atoms with Crippen LogP contribution in [-0.2, 0) is 11.3 Å². The number of nitrogens with one attached hydrogen (secondary N) is 1. The Kier molecular flexibility index (Phi) is 5.65. The lowest BCUT2D eigenvalue weighted by Gasteiger charge is -2.15. The highest BCUT2D eigenvalue weighted by molar-refractivity contribution is 5.95. The third-order valence-electron chi connectivity index (χ3n) is 5.27. The Morgan fingerprint density at radius 3 is 2.66 bits per heavy atom. The molecule has 29 heavy (non-hydrogen) atoms. The van der Waals surface area contributed by atoms with Crippen molar-refractivity contribution in [3.05, 3.63) is 65.0 Å². The van der Waals surface area contributed by atoms with Crippen molar-refractivity contribution in [2.24, 2.45) is 5.92 Å². The number of aryl methyl sites for hydroxylation is 1. The van der Waals surface area contributed by atoms with E-state index in [1.165, 1.54) is 12.8 Å². The highest BCUT2D eigenvalue weighted by Gasteiger charge is 2.21. The van der Waals surface area contributed by atoms with Crippen molar-refractivity contribution in [1.29, 1.82) is 0 Å². The number of aromatic nitrogens is 1. The lowest BCUT2D eigenvalue weighted by molar-refractivity contribution is -0.123. The maximum Gasteiger partial charge on any atom is 0.257 e. The lowest BCUT2D eigenvalue weighted by Crippen LogP contribution is -2.30. The molecule has 1 amide bonds. The molecule has 1 aliphatic rings. The Bertz CT molecular complexity index is 1070. The normalized spacial score (nSPS) is 13.4. The maximum atomic E-state index is 12.8. The van der Waals surface area contributed by atoms with Crippen LogP contribution in [0.4, 0.5) is 0 Å². The fraction of sp³-hybridized carbons (Fsp3) is 0.333. The van der Waals surface area contributed by atoms with E-state index in [4.69, 9.17) is 4.74 Å². The number of ether oxygens (including phenoxy) is 1. The van der Waals surface area contributed by atoms with Gasteiger partial charge in [-0.05, 0) is 48.4 Å². The summed E-state index contributed by atoms with van der Waals surface area (Å²) in [6, 6.07) is 17.3. The molecule has 0 radical (unpaired) electrons. The number of rotatable bonds is 8. The second kappa shape index (κ2) is 8.52. The fourth-order valence-corrected chi connectivity index (χ4v) is 3.54. The third kappa shape index (κ3) is 4.50. The van der Waals surface area contributed by atoms with E-state index in [0.29, 0.717) is 18.2 Å². The van der Waals surface area contributed by atoms with Crippen LogP contribution in [-0.4, -0.2) is 23.6 Å². The Hall–Kier alpha value is -3.08. The predicted molar refractivity (Wildman–Crippen MR) is 115 cm³/mol. The minimum Gasteiger partial charge on any atom is -0.484 e. The zero-order valence-corrected chi connectivity index (χ0v) is 16.7. The van der Waals surface area contributed by atoms with Crippen LogP contribution in [0.15, 0.2) is 59.4 Å². The molecular formula is C24H26N2O3. The molecule has 0 saturated heterocycles. The van der Waals surface area contributed by atoms with Crippen molar-refractivity contribution in [3.63, 3.8) is 0 Å². The summed E-state index contributed by atoms with van der Waals surface area (Å²) in [7, 11) is 0. The molecule has 3 aromatic rings. The van der Waals surface area contributed by atoms with Gasteiger partial charge in [0.05, 0.1) is 5.52 Å². The standard InChI is InChI=1S/C24H26N2O3/c1-2-12-26-22-13-19(29-16-23(27)25-15-17-8-9-17)10-11-20(22)21(14-24(26)28)18-6-4-3-5-7-18/h3-7,10-11,13-14,17H,2,8-9,12,15-16H2,1H3,(H,25,27). The molecule has 1 saturated carbocycles. The van der Waals surface area contributed by atoms with Crippen LogP contribution in [0.25, 0.3) is 22.0 Å². The summed E-state index contributed by atoms with van der Waals surface area (Å²) in [6.45, 7) is 3.40. The molecule has 1 aromatic heterocycles. The zero-order chi connectivity index (χ0) is 20.2. The van der Waals surface area contributed by atoms with Crippen molar-refractivity contribution in [3.8, 4) is 16.9 Å². The number of benzene rings is 2. The maximum absolute atomic E-state index is 12.8. The van der Waals surface area contributed by atoms with Gasteiger partial charge in [0, 0.05) is 30.6 Å². The van der Waals surface area contributed by atoms with Gasteiger partial charge in [-0.1, -0.05) is 37.3 Å². The second-order valence-corrected chi connectivity index (χ2v) is 7.63. The van der Waals surface area contributed by atoms with Crippen molar-refractivity contribution in [2.45, 2.75) is 32.7 Å². The first-order valence-corrected chi connectivity index (χ1v) is 10.3. The lowest BCUT2D eigenvalue weighted by atomic mass is 10.0. The number of nitrogens with zero attached hydrogens (tertiary/aromatic N) is 1. The van der Waals surface area contributed by atoms with Gasteiger partial charge >= 0.3 is 0 Å². The van der Waals surface area contributed by atoms with E-state index in [2.05, 4.69) is 5.32 Å². The average molecular weight is 390 g/mol.